The molecule has 2 heterocycles. The Balaban J connectivity index is 1.63. The van der Waals surface area contributed by atoms with Gasteiger partial charge in [0.15, 0.2) is 0 Å². The maximum absolute atomic E-state index is 11.6. The molecule has 0 radical (unpaired) electrons. The normalized spacial score (nSPS) is 19.5. The third kappa shape index (κ3) is 4.09. The average molecular weight is 253 g/mol. The molecule has 1 saturated heterocycles. The number of carbonyl (C=O) groups excluding carboxylic acids is 1. The highest BCUT2D eigenvalue weighted by molar-refractivity contribution is 7.09. The first kappa shape index (κ1) is 12.5. The van der Waals surface area contributed by atoms with E-state index >= 15 is 0 Å². The van der Waals surface area contributed by atoms with E-state index in [1.807, 2.05) is 12.3 Å². The van der Waals surface area contributed by atoms with Gasteiger partial charge in [0.1, 0.15) is 5.01 Å². The van der Waals surface area contributed by atoms with E-state index in [1.165, 1.54) is 6.42 Å². The Bertz CT molecular complexity index is 372. The average Bonchev–Trinajstić information content (AvgIpc) is 2.95. The Morgan fingerprint density at radius 1 is 1.71 bits per heavy atom. The third-order valence-electron chi connectivity index (χ3n) is 3.05. The molecule has 0 saturated carbocycles. The molecule has 94 valence electrons. The number of aromatic nitrogens is 1. The summed E-state index contributed by atoms with van der Waals surface area (Å²) < 4.78 is 0. The number of carbonyl (C=O) groups is 1. The van der Waals surface area contributed by atoms with E-state index < -0.39 is 0 Å². The number of thiazole rings is 1. The van der Waals surface area contributed by atoms with E-state index in [1.54, 1.807) is 11.3 Å². The fraction of sp³-hybridized carbons (Fsp3) is 0.667. The van der Waals surface area contributed by atoms with Gasteiger partial charge in [0.2, 0.25) is 5.91 Å². The van der Waals surface area contributed by atoms with Gasteiger partial charge in [-0.15, -0.1) is 11.3 Å². The number of amides is 1. The van der Waals surface area contributed by atoms with Crippen LogP contribution in [0.25, 0.3) is 0 Å². The lowest BCUT2D eigenvalue weighted by Crippen LogP contribution is -2.23. The molecule has 0 bridgehead atoms. The first-order valence-electron chi connectivity index (χ1n) is 6.12. The molecule has 1 aromatic heterocycles. The molecule has 1 atom stereocenters. The predicted octanol–water partition coefficient (Wildman–Crippen LogP) is 1.46. The van der Waals surface area contributed by atoms with Crippen LogP contribution in [-0.4, -0.2) is 24.0 Å². The van der Waals surface area contributed by atoms with E-state index in [0.717, 1.165) is 30.2 Å². The van der Waals surface area contributed by atoms with E-state index in [2.05, 4.69) is 15.6 Å². The fourth-order valence-electron chi connectivity index (χ4n) is 2.04. The van der Waals surface area contributed by atoms with Crippen LogP contribution in [0, 0.1) is 12.8 Å². The molecule has 17 heavy (non-hydrogen) atoms. The molecule has 2 rings (SSSR count). The van der Waals surface area contributed by atoms with Crippen LogP contribution >= 0.6 is 11.3 Å². The van der Waals surface area contributed by atoms with Gasteiger partial charge in [-0.3, -0.25) is 4.79 Å². The molecule has 0 aliphatic carbocycles. The summed E-state index contributed by atoms with van der Waals surface area (Å²) >= 11 is 1.60. The zero-order valence-electron chi connectivity index (χ0n) is 10.2. The summed E-state index contributed by atoms with van der Waals surface area (Å²) in [4.78, 5) is 15.9. The molecule has 1 aliphatic heterocycles. The molecular weight excluding hydrogens is 234 g/mol. The van der Waals surface area contributed by atoms with Crippen LogP contribution in [0.4, 0.5) is 0 Å². The molecule has 1 amide bonds. The van der Waals surface area contributed by atoms with Gasteiger partial charge in [-0.2, -0.15) is 0 Å². The van der Waals surface area contributed by atoms with Crippen LogP contribution in [0.5, 0.6) is 0 Å². The van der Waals surface area contributed by atoms with Gasteiger partial charge in [0.25, 0.3) is 0 Å². The summed E-state index contributed by atoms with van der Waals surface area (Å²) in [6, 6.07) is 0. The van der Waals surface area contributed by atoms with Crippen molar-refractivity contribution >= 4 is 17.2 Å². The molecular formula is C12H19N3OS. The van der Waals surface area contributed by atoms with Gasteiger partial charge in [0.05, 0.1) is 6.54 Å². The number of nitrogens with one attached hydrogen (secondary N) is 2. The Labute approximate surface area is 106 Å². The van der Waals surface area contributed by atoms with Crippen LogP contribution in [0.15, 0.2) is 5.38 Å². The summed E-state index contributed by atoms with van der Waals surface area (Å²) in [6.07, 6.45) is 2.84. The molecule has 1 unspecified atom stereocenters. The molecule has 1 fully saturated rings. The smallest absolute Gasteiger partial charge is 0.220 e. The second-order valence-electron chi connectivity index (χ2n) is 4.56. The summed E-state index contributed by atoms with van der Waals surface area (Å²) in [5.74, 6) is 0.826. The second kappa shape index (κ2) is 6.12. The largest absolute Gasteiger partial charge is 0.350 e. The summed E-state index contributed by atoms with van der Waals surface area (Å²) in [5, 5.41) is 9.23. The highest BCUT2D eigenvalue weighted by Gasteiger charge is 2.15. The van der Waals surface area contributed by atoms with Crippen molar-refractivity contribution in [3.63, 3.8) is 0 Å². The van der Waals surface area contributed by atoms with Gasteiger partial charge in [-0.25, -0.2) is 4.98 Å². The van der Waals surface area contributed by atoms with E-state index in [4.69, 9.17) is 0 Å². The topological polar surface area (TPSA) is 54.0 Å². The monoisotopic (exact) mass is 253 g/mol. The van der Waals surface area contributed by atoms with Crippen molar-refractivity contribution in [2.45, 2.75) is 32.7 Å². The van der Waals surface area contributed by atoms with Gasteiger partial charge >= 0.3 is 0 Å². The van der Waals surface area contributed by atoms with Gasteiger partial charge in [-0.05, 0) is 38.8 Å². The van der Waals surface area contributed by atoms with Gasteiger partial charge < -0.3 is 10.6 Å². The van der Waals surface area contributed by atoms with Crippen LogP contribution in [0.3, 0.4) is 0 Å². The lowest BCUT2D eigenvalue weighted by atomic mass is 10.0. The van der Waals surface area contributed by atoms with Crippen molar-refractivity contribution in [1.82, 2.24) is 15.6 Å². The molecule has 2 N–H and O–H groups in total. The van der Waals surface area contributed by atoms with Crippen molar-refractivity contribution < 1.29 is 4.79 Å². The minimum Gasteiger partial charge on any atom is -0.350 e. The van der Waals surface area contributed by atoms with Crippen LogP contribution < -0.4 is 10.6 Å². The second-order valence-corrected chi connectivity index (χ2v) is 5.50. The van der Waals surface area contributed by atoms with E-state index in [0.29, 0.717) is 18.9 Å². The van der Waals surface area contributed by atoms with Crippen LogP contribution in [0.2, 0.25) is 0 Å². The Hall–Kier alpha value is -0.940. The van der Waals surface area contributed by atoms with Crippen molar-refractivity contribution in [1.29, 1.82) is 0 Å². The van der Waals surface area contributed by atoms with E-state index in [9.17, 15) is 4.79 Å². The Kier molecular flexibility index (Phi) is 4.50. The van der Waals surface area contributed by atoms with Crippen LogP contribution in [-0.2, 0) is 11.3 Å². The summed E-state index contributed by atoms with van der Waals surface area (Å²) in [7, 11) is 0. The van der Waals surface area contributed by atoms with Gasteiger partial charge in [0, 0.05) is 17.5 Å². The first-order valence-corrected chi connectivity index (χ1v) is 7.00. The maximum atomic E-state index is 11.6. The van der Waals surface area contributed by atoms with Crippen molar-refractivity contribution in [3.8, 4) is 0 Å². The first-order chi connectivity index (χ1) is 8.24. The van der Waals surface area contributed by atoms with Crippen LogP contribution in [0.1, 0.15) is 30.0 Å². The lowest BCUT2D eigenvalue weighted by molar-refractivity contribution is -0.121. The number of rotatable bonds is 5. The molecule has 0 aromatic carbocycles. The minimum atomic E-state index is 0.143. The lowest BCUT2D eigenvalue weighted by Gasteiger charge is -2.07. The SMILES string of the molecule is Cc1csc(CNC(=O)CCC2CCNC2)n1. The maximum Gasteiger partial charge on any atom is 0.220 e. The molecule has 0 spiro atoms. The number of hydrogen-bond donors (Lipinski definition) is 2. The highest BCUT2D eigenvalue weighted by atomic mass is 32.1. The minimum absolute atomic E-state index is 0.143. The van der Waals surface area contributed by atoms with Crippen molar-refractivity contribution in [2.24, 2.45) is 5.92 Å². The third-order valence-corrected chi connectivity index (χ3v) is 4.01. The van der Waals surface area contributed by atoms with Gasteiger partial charge in [-0.1, -0.05) is 0 Å². The molecule has 4 nitrogen and oxygen atoms in total. The highest BCUT2D eigenvalue weighted by Crippen LogP contribution is 2.14. The summed E-state index contributed by atoms with van der Waals surface area (Å²) in [6.45, 7) is 4.71. The zero-order valence-corrected chi connectivity index (χ0v) is 11.0. The molecule has 5 heteroatoms. The number of aryl methyl sites for hydroxylation is 1. The quantitative estimate of drug-likeness (QED) is 0.835. The van der Waals surface area contributed by atoms with Crippen molar-refractivity contribution in [3.05, 3.63) is 16.1 Å². The molecule has 1 aromatic rings. The predicted molar refractivity (Wildman–Crippen MR) is 68.9 cm³/mol. The summed E-state index contributed by atoms with van der Waals surface area (Å²) in [5.41, 5.74) is 1.02. The standard InChI is InChI=1S/C12H19N3OS/c1-9-8-17-12(15-9)7-14-11(16)3-2-10-4-5-13-6-10/h8,10,13H,2-7H2,1H3,(H,14,16). The zero-order chi connectivity index (χ0) is 12.1. The number of nitrogens with zero attached hydrogens (tertiary/aromatic N) is 1. The van der Waals surface area contributed by atoms with E-state index in [-0.39, 0.29) is 5.91 Å². The Morgan fingerprint density at radius 2 is 2.59 bits per heavy atom. The van der Waals surface area contributed by atoms with Crippen molar-refractivity contribution in [2.75, 3.05) is 13.1 Å². The Morgan fingerprint density at radius 3 is 3.24 bits per heavy atom. The molecule has 1 aliphatic rings. The fourth-order valence-corrected chi connectivity index (χ4v) is 2.75. The number of hydrogen-bond acceptors (Lipinski definition) is 4.